The van der Waals surface area contributed by atoms with E-state index in [2.05, 4.69) is 15.1 Å². The Morgan fingerprint density at radius 2 is 1.62 bits per heavy atom. The number of piperazine rings is 1. The Hall–Kier alpha value is -3.17. The summed E-state index contributed by atoms with van der Waals surface area (Å²) in [5.74, 6) is 1.58. The van der Waals surface area contributed by atoms with Crippen LogP contribution in [0.5, 0.6) is 11.5 Å². The third-order valence-corrected chi connectivity index (χ3v) is 7.70. The van der Waals surface area contributed by atoms with Crippen LogP contribution in [0.1, 0.15) is 19.4 Å². The smallest absolute Gasteiger partial charge is 0.247 e. The highest BCUT2D eigenvalue weighted by atomic mass is 32.2. The Bertz CT molecular complexity index is 1220. The number of aromatic nitrogens is 2. The molecule has 1 fully saturated rings. The summed E-state index contributed by atoms with van der Waals surface area (Å²) in [4.78, 5) is 2.19. The molecular weight excluding hydrogens is 452 g/mol. The number of anilines is 1. The van der Waals surface area contributed by atoms with Crippen LogP contribution in [0.3, 0.4) is 0 Å². The monoisotopic (exact) mass is 482 g/mol. The van der Waals surface area contributed by atoms with Crippen LogP contribution in [0.2, 0.25) is 0 Å². The van der Waals surface area contributed by atoms with Gasteiger partial charge in [0.2, 0.25) is 10.0 Å². The number of benzene rings is 2. The summed E-state index contributed by atoms with van der Waals surface area (Å²) in [7, 11) is -3.74. The first-order chi connectivity index (χ1) is 16.4. The van der Waals surface area contributed by atoms with Gasteiger partial charge < -0.3 is 14.4 Å². The molecule has 0 saturated carbocycles. The first-order valence-corrected chi connectivity index (χ1v) is 12.9. The van der Waals surface area contributed by atoms with E-state index in [1.165, 1.54) is 4.31 Å². The van der Waals surface area contributed by atoms with Crippen molar-refractivity contribution in [3.63, 3.8) is 0 Å². The molecule has 0 radical (unpaired) electrons. The molecule has 4 rings (SSSR count). The maximum absolute atomic E-state index is 13.5. The average molecular weight is 483 g/mol. The number of rotatable bonds is 8. The fourth-order valence-corrected chi connectivity index (χ4v) is 5.58. The minimum Gasteiger partial charge on any atom is -0.494 e. The second kappa shape index (κ2) is 10.4. The quantitative estimate of drug-likeness (QED) is 0.483. The SMILES string of the molecule is CCOc1ccc(OCC)c(S(=O)(=O)N2CCN(c3ccc(-c4ccccc4C)nn3)CC2)c1. The molecule has 0 aliphatic carbocycles. The zero-order valence-electron chi connectivity index (χ0n) is 19.8. The van der Waals surface area contributed by atoms with Crippen molar-refractivity contribution >= 4 is 15.8 Å². The number of ether oxygens (including phenoxy) is 2. The summed E-state index contributed by atoms with van der Waals surface area (Å²) in [5, 5.41) is 8.81. The fourth-order valence-electron chi connectivity index (χ4n) is 4.02. The third-order valence-electron chi connectivity index (χ3n) is 5.78. The molecule has 3 aromatic rings. The lowest BCUT2D eigenvalue weighted by Gasteiger charge is -2.34. The minimum atomic E-state index is -3.74. The molecule has 1 aliphatic rings. The summed E-state index contributed by atoms with van der Waals surface area (Å²) < 4.78 is 39.5. The maximum Gasteiger partial charge on any atom is 0.247 e. The van der Waals surface area contributed by atoms with Crippen LogP contribution in [-0.4, -0.2) is 62.3 Å². The molecule has 2 aromatic carbocycles. The molecule has 180 valence electrons. The maximum atomic E-state index is 13.5. The van der Waals surface area contributed by atoms with Crippen LogP contribution in [0.4, 0.5) is 5.82 Å². The van der Waals surface area contributed by atoms with Crippen LogP contribution < -0.4 is 14.4 Å². The molecule has 8 nitrogen and oxygen atoms in total. The van der Waals surface area contributed by atoms with Crippen LogP contribution in [-0.2, 0) is 10.0 Å². The lowest BCUT2D eigenvalue weighted by Crippen LogP contribution is -2.49. The van der Waals surface area contributed by atoms with Gasteiger partial charge in [-0.15, -0.1) is 10.2 Å². The van der Waals surface area contributed by atoms with Gasteiger partial charge in [0.1, 0.15) is 16.4 Å². The molecule has 34 heavy (non-hydrogen) atoms. The fraction of sp³-hybridized carbons (Fsp3) is 0.360. The topological polar surface area (TPSA) is 84.9 Å². The zero-order chi connectivity index (χ0) is 24.1. The van der Waals surface area contributed by atoms with Crippen molar-refractivity contribution in [2.45, 2.75) is 25.7 Å². The predicted octanol–water partition coefficient (Wildman–Crippen LogP) is 3.76. The summed E-state index contributed by atoms with van der Waals surface area (Å²) in [5.41, 5.74) is 3.01. The number of sulfonamides is 1. The van der Waals surface area contributed by atoms with Crippen LogP contribution in [0, 0.1) is 6.92 Å². The molecule has 1 aliphatic heterocycles. The van der Waals surface area contributed by atoms with E-state index >= 15 is 0 Å². The van der Waals surface area contributed by atoms with E-state index in [4.69, 9.17) is 9.47 Å². The number of hydrogen-bond donors (Lipinski definition) is 0. The van der Waals surface area contributed by atoms with Gasteiger partial charge in [0.15, 0.2) is 5.82 Å². The zero-order valence-corrected chi connectivity index (χ0v) is 20.6. The highest BCUT2D eigenvalue weighted by molar-refractivity contribution is 7.89. The second-order valence-corrected chi connectivity index (χ2v) is 9.86. The predicted molar refractivity (Wildman–Crippen MR) is 132 cm³/mol. The van der Waals surface area contributed by atoms with E-state index in [0.717, 1.165) is 22.6 Å². The van der Waals surface area contributed by atoms with Gasteiger partial charge in [-0.05, 0) is 50.6 Å². The summed E-state index contributed by atoms with van der Waals surface area (Å²) >= 11 is 0. The summed E-state index contributed by atoms with van der Waals surface area (Å²) in [6, 6.07) is 16.9. The third kappa shape index (κ3) is 5.00. The van der Waals surface area contributed by atoms with Crippen molar-refractivity contribution in [3.05, 3.63) is 60.2 Å². The van der Waals surface area contributed by atoms with Crippen molar-refractivity contribution in [2.75, 3.05) is 44.3 Å². The van der Waals surface area contributed by atoms with Crippen molar-refractivity contribution in [1.29, 1.82) is 0 Å². The van der Waals surface area contributed by atoms with E-state index in [1.807, 2.05) is 57.2 Å². The van der Waals surface area contributed by atoms with Gasteiger partial charge in [-0.1, -0.05) is 24.3 Å². The molecule has 0 N–H and O–H groups in total. The van der Waals surface area contributed by atoms with Gasteiger partial charge in [0.25, 0.3) is 0 Å². The van der Waals surface area contributed by atoms with Gasteiger partial charge in [0.05, 0.1) is 18.9 Å². The molecule has 0 unspecified atom stereocenters. The molecule has 1 saturated heterocycles. The largest absolute Gasteiger partial charge is 0.494 e. The van der Waals surface area contributed by atoms with Crippen molar-refractivity contribution in [2.24, 2.45) is 0 Å². The Morgan fingerprint density at radius 1 is 0.882 bits per heavy atom. The first-order valence-electron chi connectivity index (χ1n) is 11.5. The van der Waals surface area contributed by atoms with Crippen molar-refractivity contribution in [1.82, 2.24) is 14.5 Å². The standard InChI is InChI=1S/C25H30N4O4S/c1-4-32-20-10-12-23(33-5-2)24(18-20)34(30,31)29-16-14-28(15-17-29)25-13-11-22(26-27-25)21-9-7-6-8-19(21)3/h6-13,18H,4-5,14-17H2,1-3H3. The van der Waals surface area contributed by atoms with Gasteiger partial charge in [0, 0.05) is 37.8 Å². The van der Waals surface area contributed by atoms with E-state index in [1.54, 1.807) is 18.2 Å². The molecule has 0 amide bonds. The number of nitrogens with zero attached hydrogens (tertiary/aromatic N) is 4. The Balaban J connectivity index is 1.48. The van der Waals surface area contributed by atoms with Gasteiger partial charge in [-0.3, -0.25) is 0 Å². The number of hydrogen-bond acceptors (Lipinski definition) is 7. The highest BCUT2D eigenvalue weighted by Gasteiger charge is 2.32. The van der Waals surface area contributed by atoms with Gasteiger partial charge >= 0.3 is 0 Å². The second-order valence-electron chi connectivity index (χ2n) is 7.96. The van der Waals surface area contributed by atoms with Gasteiger partial charge in [-0.2, -0.15) is 4.31 Å². The van der Waals surface area contributed by atoms with E-state index in [0.29, 0.717) is 50.9 Å². The minimum absolute atomic E-state index is 0.135. The van der Waals surface area contributed by atoms with Gasteiger partial charge in [-0.25, -0.2) is 8.42 Å². The lowest BCUT2D eigenvalue weighted by molar-refractivity contribution is 0.319. The van der Waals surface area contributed by atoms with E-state index < -0.39 is 10.0 Å². The van der Waals surface area contributed by atoms with Crippen LogP contribution >= 0.6 is 0 Å². The van der Waals surface area contributed by atoms with Crippen molar-refractivity contribution < 1.29 is 17.9 Å². The lowest BCUT2D eigenvalue weighted by atomic mass is 10.1. The van der Waals surface area contributed by atoms with Crippen molar-refractivity contribution in [3.8, 4) is 22.8 Å². The number of aryl methyl sites for hydroxylation is 1. The molecule has 0 atom stereocenters. The highest BCUT2D eigenvalue weighted by Crippen LogP contribution is 2.32. The van der Waals surface area contributed by atoms with Crippen LogP contribution in [0.25, 0.3) is 11.3 Å². The molecular formula is C25H30N4O4S. The molecule has 0 spiro atoms. The Morgan fingerprint density at radius 3 is 2.26 bits per heavy atom. The molecule has 2 heterocycles. The van der Waals surface area contributed by atoms with Crippen LogP contribution in [0.15, 0.2) is 59.5 Å². The summed E-state index contributed by atoms with van der Waals surface area (Å²) in [6.07, 6.45) is 0. The molecule has 0 bridgehead atoms. The summed E-state index contributed by atoms with van der Waals surface area (Å²) in [6.45, 7) is 8.29. The average Bonchev–Trinajstić information content (AvgIpc) is 2.86. The van der Waals surface area contributed by atoms with E-state index in [9.17, 15) is 8.42 Å². The first kappa shape index (κ1) is 24.0. The molecule has 9 heteroatoms. The Kier molecular flexibility index (Phi) is 7.33. The molecule has 1 aromatic heterocycles. The Labute approximate surface area is 201 Å². The van der Waals surface area contributed by atoms with E-state index in [-0.39, 0.29) is 4.90 Å². The normalized spacial score (nSPS) is 14.7.